The Morgan fingerprint density at radius 2 is 2.23 bits per heavy atom. The lowest BCUT2D eigenvalue weighted by Gasteiger charge is -2.12. The van der Waals surface area contributed by atoms with E-state index in [2.05, 4.69) is 15.4 Å². The topological polar surface area (TPSA) is 69.0 Å². The number of pyridine rings is 1. The Labute approximate surface area is 130 Å². The van der Waals surface area contributed by atoms with Crippen molar-refractivity contribution in [1.82, 2.24) is 20.1 Å². The maximum absolute atomic E-state index is 12.4. The van der Waals surface area contributed by atoms with E-state index in [4.69, 9.17) is 4.74 Å². The second kappa shape index (κ2) is 7.70. The zero-order valence-corrected chi connectivity index (χ0v) is 13.2. The Morgan fingerprint density at radius 3 is 2.86 bits per heavy atom. The summed E-state index contributed by atoms with van der Waals surface area (Å²) in [6.45, 7) is 5.29. The average Bonchev–Trinajstić information content (AvgIpc) is 2.97. The molecule has 2 aromatic rings. The maximum Gasteiger partial charge on any atom is 0.254 e. The van der Waals surface area contributed by atoms with Gasteiger partial charge in [0.1, 0.15) is 0 Å². The zero-order valence-electron chi connectivity index (χ0n) is 13.2. The number of nitrogens with zero attached hydrogens (tertiary/aromatic N) is 3. The molecule has 0 radical (unpaired) electrons. The fourth-order valence-electron chi connectivity index (χ4n) is 2.26. The molecule has 1 amide bonds. The first-order valence-corrected chi connectivity index (χ1v) is 7.41. The van der Waals surface area contributed by atoms with Crippen LogP contribution >= 0.6 is 0 Å². The Balaban J connectivity index is 2.22. The Bertz CT molecular complexity index is 608. The molecule has 0 saturated carbocycles. The summed E-state index contributed by atoms with van der Waals surface area (Å²) in [6.07, 6.45) is 4.11. The largest absolute Gasteiger partial charge is 0.385 e. The molecule has 6 nitrogen and oxygen atoms in total. The first-order valence-electron chi connectivity index (χ1n) is 7.41. The second-order valence-electron chi connectivity index (χ2n) is 5.30. The van der Waals surface area contributed by atoms with Crippen molar-refractivity contribution in [2.75, 3.05) is 20.3 Å². The highest BCUT2D eigenvalue weighted by atomic mass is 16.5. The van der Waals surface area contributed by atoms with Crippen LogP contribution in [0.3, 0.4) is 0 Å². The van der Waals surface area contributed by atoms with Gasteiger partial charge in [-0.3, -0.25) is 4.79 Å². The molecule has 6 heteroatoms. The van der Waals surface area contributed by atoms with Gasteiger partial charge in [-0.25, -0.2) is 9.67 Å². The van der Waals surface area contributed by atoms with Gasteiger partial charge >= 0.3 is 0 Å². The van der Waals surface area contributed by atoms with Crippen molar-refractivity contribution < 1.29 is 9.53 Å². The number of ether oxygens (including phenoxy) is 1. The van der Waals surface area contributed by atoms with E-state index in [0.717, 1.165) is 12.1 Å². The SMILES string of the molecule is COCCCNC(=O)c1cnn(-c2ccccn2)c1C(C)C. The molecule has 0 bridgehead atoms. The van der Waals surface area contributed by atoms with Gasteiger partial charge in [0.2, 0.25) is 0 Å². The van der Waals surface area contributed by atoms with Gasteiger partial charge in [0.25, 0.3) is 5.91 Å². The van der Waals surface area contributed by atoms with Crippen LogP contribution in [0.1, 0.15) is 42.2 Å². The van der Waals surface area contributed by atoms with Crippen molar-refractivity contribution >= 4 is 5.91 Å². The molecule has 0 fully saturated rings. The normalized spacial score (nSPS) is 10.9. The third kappa shape index (κ3) is 3.71. The maximum atomic E-state index is 12.4. The Hall–Kier alpha value is -2.21. The highest BCUT2D eigenvalue weighted by Gasteiger charge is 2.20. The summed E-state index contributed by atoms with van der Waals surface area (Å²) < 4.78 is 6.71. The minimum absolute atomic E-state index is 0.109. The van der Waals surface area contributed by atoms with Crippen molar-refractivity contribution in [1.29, 1.82) is 0 Å². The molecule has 1 N–H and O–H groups in total. The predicted octanol–water partition coefficient (Wildman–Crippen LogP) is 2.16. The van der Waals surface area contributed by atoms with Gasteiger partial charge in [-0.05, 0) is 24.5 Å². The quantitative estimate of drug-likeness (QED) is 0.796. The molecule has 0 unspecified atom stereocenters. The summed E-state index contributed by atoms with van der Waals surface area (Å²) >= 11 is 0. The van der Waals surface area contributed by atoms with Gasteiger partial charge in [-0.15, -0.1) is 0 Å². The summed E-state index contributed by atoms with van der Waals surface area (Å²) in [5.41, 5.74) is 1.46. The number of carbonyl (C=O) groups excluding carboxylic acids is 1. The van der Waals surface area contributed by atoms with Gasteiger partial charge in [0, 0.05) is 26.5 Å². The van der Waals surface area contributed by atoms with Crippen LogP contribution in [-0.4, -0.2) is 40.9 Å². The predicted molar refractivity (Wildman–Crippen MR) is 84.3 cm³/mol. The molecule has 0 aliphatic rings. The fourth-order valence-corrected chi connectivity index (χ4v) is 2.26. The monoisotopic (exact) mass is 302 g/mol. The van der Waals surface area contributed by atoms with Gasteiger partial charge in [-0.1, -0.05) is 19.9 Å². The summed E-state index contributed by atoms with van der Waals surface area (Å²) in [4.78, 5) is 16.7. The van der Waals surface area contributed by atoms with Crippen molar-refractivity contribution in [3.8, 4) is 5.82 Å². The highest BCUT2D eigenvalue weighted by Crippen LogP contribution is 2.22. The van der Waals surface area contributed by atoms with E-state index in [-0.39, 0.29) is 11.8 Å². The third-order valence-electron chi connectivity index (χ3n) is 3.28. The van der Waals surface area contributed by atoms with Crippen molar-refractivity contribution in [3.63, 3.8) is 0 Å². The lowest BCUT2D eigenvalue weighted by Crippen LogP contribution is -2.26. The smallest absolute Gasteiger partial charge is 0.254 e. The van der Waals surface area contributed by atoms with Crippen molar-refractivity contribution in [3.05, 3.63) is 41.9 Å². The van der Waals surface area contributed by atoms with E-state index in [9.17, 15) is 4.79 Å². The van der Waals surface area contributed by atoms with Crippen LogP contribution in [-0.2, 0) is 4.74 Å². The number of rotatable bonds is 7. The molecule has 2 rings (SSSR count). The molecule has 2 heterocycles. The number of hydrogen-bond acceptors (Lipinski definition) is 4. The fraction of sp³-hybridized carbons (Fsp3) is 0.438. The van der Waals surface area contributed by atoms with Crippen LogP contribution in [0.15, 0.2) is 30.6 Å². The molecule has 0 saturated heterocycles. The third-order valence-corrected chi connectivity index (χ3v) is 3.28. The van der Waals surface area contributed by atoms with Crippen LogP contribution in [0.25, 0.3) is 5.82 Å². The first-order chi connectivity index (χ1) is 10.6. The van der Waals surface area contributed by atoms with E-state index in [1.807, 2.05) is 32.0 Å². The van der Waals surface area contributed by atoms with E-state index in [0.29, 0.717) is 24.5 Å². The number of amides is 1. The molecule has 0 aliphatic carbocycles. The molecular weight excluding hydrogens is 280 g/mol. The molecule has 0 aromatic carbocycles. The van der Waals surface area contributed by atoms with Crippen LogP contribution < -0.4 is 5.32 Å². The summed E-state index contributed by atoms with van der Waals surface area (Å²) in [5.74, 6) is 0.760. The van der Waals surface area contributed by atoms with Crippen LogP contribution in [0.2, 0.25) is 0 Å². The lowest BCUT2D eigenvalue weighted by atomic mass is 10.1. The first kappa shape index (κ1) is 16.2. The summed E-state index contributed by atoms with van der Waals surface area (Å²) in [6, 6.07) is 5.63. The van der Waals surface area contributed by atoms with Gasteiger partial charge in [0.05, 0.1) is 17.5 Å². The number of aromatic nitrogens is 3. The number of carbonyl (C=O) groups is 1. The van der Waals surface area contributed by atoms with Crippen LogP contribution in [0.4, 0.5) is 0 Å². The van der Waals surface area contributed by atoms with E-state index < -0.39 is 0 Å². The van der Waals surface area contributed by atoms with Crippen LogP contribution in [0, 0.1) is 0 Å². The minimum Gasteiger partial charge on any atom is -0.385 e. The van der Waals surface area contributed by atoms with Gasteiger partial charge < -0.3 is 10.1 Å². The molecule has 0 spiro atoms. The molecular formula is C16H22N4O2. The molecule has 118 valence electrons. The molecule has 0 aliphatic heterocycles. The summed E-state index contributed by atoms with van der Waals surface area (Å²) in [5, 5.41) is 7.24. The molecule has 2 aromatic heterocycles. The number of nitrogens with one attached hydrogen (secondary N) is 1. The van der Waals surface area contributed by atoms with E-state index in [1.165, 1.54) is 0 Å². The van der Waals surface area contributed by atoms with E-state index in [1.54, 1.807) is 24.2 Å². The second-order valence-corrected chi connectivity index (χ2v) is 5.30. The van der Waals surface area contributed by atoms with E-state index >= 15 is 0 Å². The molecule has 0 atom stereocenters. The van der Waals surface area contributed by atoms with Crippen molar-refractivity contribution in [2.45, 2.75) is 26.2 Å². The van der Waals surface area contributed by atoms with Crippen LogP contribution in [0.5, 0.6) is 0 Å². The minimum atomic E-state index is -0.109. The van der Waals surface area contributed by atoms with Crippen molar-refractivity contribution in [2.24, 2.45) is 0 Å². The van der Waals surface area contributed by atoms with Gasteiger partial charge in [0.15, 0.2) is 5.82 Å². The molecule has 22 heavy (non-hydrogen) atoms. The lowest BCUT2D eigenvalue weighted by molar-refractivity contribution is 0.0947. The number of methoxy groups -OCH3 is 1. The number of hydrogen-bond donors (Lipinski definition) is 1. The highest BCUT2D eigenvalue weighted by molar-refractivity contribution is 5.95. The van der Waals surface area contributed by atoms with Gasteiger partial charge in [-0.2, -0.15) is 5.10 Å². The zero-order chi connectivity index (χ0) is 15.9. The standard InChI is InChI=1S/C16H22N4O2/c1-12(2)15-13(16(21)18-9-6-10-22-3)11-19-20(15)14-7-4-5-8-17-14/h4-5,7-8,11-12H,6,9-10H2,1-3H3,(H,18,21). The summed E-state index contributed by atoms with van der Waals surface area (Å²) in [7, 11) is 1.65. The Morgan fingerprint density at radius 1 is 1.41 bits per heavy atom. The Kier molecular flexibility index (Phi) is 5.66. The average molecular weight is 302 g/mol.